The summed E-state index contributed by atoms with van der Waals surface area (Å²) >= 11 is 3.60. The fourth-order valence-electron chi connectivity index (χ4n) is 2.91. The molecule has 0 aromatic carbocycles. The largest absolute Gasteiger partial charge is 0.354 e. The molecule has 0 spiro atoms. The minimum absolute atomic E-state index is 0.691. The standard InChI is InChI=1S/C13H22BrN3/c1-4-11-7-5-6-8-17(11)13-12(9-14)10(2)15-16(13)3/h11H,4-9H2,1-3H3. The second-order valence-electron chi connectivity index (χ2n) is 4.90. The maximum absolute atomic E-state index is 4.57. The van der Waals surface area contributed by atoms with Crippen LogP contribution in [0.1, 0.15) is 43.9 Å². The van der Waals surface area contributed by atoms with Crippen LogP contribution in [0.25, 0.3) is 0 Å². The molecule has 2 rings (SSSR count). The maximum Gasteiger partial charge on any atom is 0.131 e. The third-order valence-corrected chi connectivity index (χ3v) is 4.38. The summed E-state index contributed by atoms with van der Waals surface area (Å²) < 4.78 is 2.06. The predicted molar refractivity (Wildman–Crippen MR) is 75.9 cm³/mol. The van der Waals surface area contributed by atoms with Gasteiger partial charge in [-0.15, -0.1) is 0 Å². The highest BCUT2D eigenvalue weighted by Gasteiger charge is 2.26. The van der Waals surface area contributed by atoms with Crippen LogP contribution in [0.15, 0.2) is 0 Å². The van der Waals surface area contributed by atoms with E-state index in [1.54, 1.807) is 0 Å². The predicted octanol–water partition coefficient (Wildman–Crippen LogP) is 3.39. The minimum atomic E-state index is 0.691. The van der Waals surface area contributed by atoms with Crippen molar-refractivity contribution < 1.29 is 0 Å². The topological polar surface area (TPSA) is 21.1 Å². The van der Waals surface area contributed by atoms with Crippen LogP contribution in [-0.2, 0) is 12.4 Å². The van der Waals surface area contributed by atoms with Gasteiger partial charge in [-0.1, -0.05) is 22.9 Å². The average Bonchev–Trinajstić information content (AvgIpc) is 2.63. The van der Waals surface area contributed by atoms with Crippen LogP contribution in [0.2, 0.25) is 0 Å². The number of rotatable bonds is 3. The summed E-state index contributed by atoms with van der Waals surface area (Å²) in [6, 6.07) is 0.691. The Morgan fingerprint density at radius 1 is 1.41 bits per heavy atom. The number of piperidine rings is 1. The third kappa shape index (κ3) is 2.37. The molecule has 17 heavy (non-hydrogen) atoms. The second kappa shape index (κ2) is 5.42. The molecule has 96 valence electrons. The van der Waals surface area contributed by atoms with Crippen LogP contribution in [0.3, 0.4) is 0 Å². The molecule has 0 N–H and O–H groups in total. The van der Waals surface area contributed by atoms with Gasteiger partial charge in [0.05, 0.1) is 5.69 Å². The van der Waals surface area contributed by atoms with E-state index in [1.165, 1.54) is 43.6 Å². The van der Waals surface area contributed by atoms with Crippen molar-refractivity contribution in [1.82, 2.24) is 9.78 Å². The van der Waals surface area contributed by atoms with Gasteiger partial charge in [0.25, 0.3) is 0 Å². The van der Waals surface area contributed by atoms with Crippen LogP contribution in [0.5, 0.6) is 0 Å². The van der Waals surface area contributed by atoms with Crippen molar-refractivity contribution in [3.8, 4) is 0 Å². The Morgan fingerprint density at radius 2 is 2.18 bits per heavy atom. The molecule has 0 radical (unpaired) electrons. The SMILES string of the molecule is CCC1CCCCN1c1c(CBr)c(C)nn1C. The lowest BCUT2D eigenvalue weighted by molar-refractivity contribution is 0.440. The van der Waals surface area contributed by atoms with Crippen molar-refractivity contribution in [2.24, 2.45) is 7.05 Å². The zero-order valence-electron chi connectivity index (χ0n) is 11.0. The normalized spacial score (nSPS) is 20.9. The van der Waals surface area contributed by atoms with Gasteiger partial charge in [0.1, 0.15) is 5.82 Å². The molecule has 3 nitrogen and oxygen atoms in total. The molecule has 0 saturated carbocycles. The molecule has 1 aliphatic heterocycles. The first-order valence-corrected chi connectivity index (χ1v) is 7.66. The molecule has 0 bridgehead atoms. The van der Waals surface area contributed by atoms with E-state index in [0.29, 0.717) is 6.04 Å². The van der Waals surface area contributed by atoms with Gasteiger partial charge in [0.2, 0.25) is 0 Å². The van der Waals surface area contributed by atoms with Gasteiger partial charge >= 0.3 is 0 Å². The monoisotopic (exact) mass is 299 g/mol. The Morgan fingerprint density at radius 3 is 2.82 bits per heavy atom. The molecule has 1 aliphatic rings. The van der Waals surface area contributed by atoms with E-state index in [1.807, 2.05) is 0 Å². The summed E-state index contributed by atoms with van der Waals surface area (Å²) in [7, 11) is 2.07. The molecule has 0 aliphatic carbocycles. The fraction of sp³-hybridized carbons (Fsp3) is 0.769. The molecule has 1 fully saturated rings. The molecule has 1 unspecified atom stereocenters. The van der Waals surface area contributed by atoms with Crippen molar-refractivity contribution in [3.63, 3.8) is 0 Å². The quantitative estimate of drug-likeness (QED) is 0.798. The lowest BCUT2D eigenvalue weighted by Crippen LogP contribution is -2.40. The van der Waals surface area contributed by atoms with Crippen molar-refractivity contribution in [1.29, 1.82) is 0 Å². The van der Waals surface area contributed by atoms with Gasteiger partial charge in [0.15, 0.2) is 0 Å². The number of aryl methyl sites for hydroxylation is 2. The number of hydrogen-bond acceptors (Lipinski definition) is 2. The van der Waals surface area contributed by atoms with Gasteiger partial charge in [-0.3, -0.25) is 4.68 Å². The number of aromatic nitrogens is 2. The molecular formula is C13H22BrN3. The van der Waals surface area contributed by atoms with Crippen molar-refractivity contribution in [2.45, 2.75) is 50.9 Å². The van der Waals surface area contributed by atoms with E-state index in [4.69, 9.17) is 0 Å². The average molecular weight is 300 g/mol. The zero-order chi connectivity index (χ0) is 12.4. The van der Waals surface area contributed by atoms with Gasteiger partial charge < -0.3 is 4.90 Å². The van der Waals surface area contributed by atoms with Crippen molar-refractivity contribution in [2.75, 3.05) is 11.4 Å². The molecule has 0 amide bonds. The van der Waals surface area contributed by atoms with Gasteiger partial charge in [-0.05, 0) is 32.6 Å². The van der Waals surface area contributed by atoms with E-state index < -0.39 is 0 Å². The molecule has 1 atom stereocenters. The van der Waals surface area contributed by atoms with Crippen LogP contribution in [-0.4, -0.2) is 22.4 Å². The maximum atomic E-state index is 4.57. The Labute approximate surface area is 112 Å². The lowest BCUT2D eigenvalue weighted by Gasteiger charge is -2.37. The van der Waals surface area contributed by atoms with Crippen LogP contribution >= 0.6 is 15.9 Å². The van der Waals surface area contributed by atoms with Crippen molar-refractivity contribution in [3.05, 3.63) is 11.3 Å². The molecule has 1 aromatic rings. The zero-order valence-corrected chi connectivity index (χ0v) is 12.6. The first kappa shape index (κ1) is 12.9. The number of nitrogens with zero attached hydrogens (tertiary/aromatic N) is 3. The highest BCUT2D eigenvalue weighted by molar-refractivity contribution is 9.08. The summed E-state index contributed by atoms with van der Waals surface area (Å²) in [4.78, 5) is 2.57. The molecule has 2 heterocycles. The number of anilines is 1. The first-order valence-electron chi connectivity index (χ1n) is 6.54. The van der Waals surface area contributed by atoms with Crippen LogP contribution in [0.4, 0.5) is 5.82 Å². The number of halogens is 1. The second-order valence-corrected chi connectivity index (χ2v) is 5.46. The highest BCUT2D eigenvalue weighted by Crippen LogP contribution is 2.31. The van der Waals surface area contributed by atoms with E-state index in [0.717, 1.165) is 11.0 Å². The van der Waals surface area contributed by atoms with Gasteiger partial charge in [-0.25, -0.2) is 0 Å². The fourth-order valence-corrected chi connectivity index (χ4v) is 3.57. The third-order valence-electron chi connectivity index (χ3n) is 3.82. The molecule has 4 heteroatoms. The van der Waals surface area contributed by atoms with E-state index in [2.05, 4.69) is 51.5 Å². The van der Waals surface area contributed by atoms with E-state index in [9.17, 15) is 0 Å². The Bertz CT molecular complexity index is 386. The Hall–Kier alpha value is -0.510. The van der Waals surface area contributed by atoms with E-state index >= 15 is 0 Å². The summed E-state index contributed by atoms with van der Waals surface area (Å²) in [6.45, 7) is 5.57. The van der Waals surface area contributed by atoms with Gasteiger partial charge in [0, 0.05) is 30.5 Å². The molecular weight excluding hydrogens is 278 g/mol. The van der Waals surface area contributed by atoms with E-state index in [-0.39, 0.29) is 0 Å². The molecule has 1 aromatic heterocycles. The summed E-state index contributed by atoms with van der Waals surface area (Å²) in [5.41, 5.74) is 2.51. The smallest absolute Gasteiger partial charge is 0.131 e. The Balaban J connectivity index is 2.37. The highest BCUT2D eigenvalue weighted by atomic mass is 79.9. The first-order chi connectivity index (χ1) is 8.19. The lowest BCUT2D eigenvalue weighted by atomic mass is 9.99. The van der Waals surface area contributed by atoms with Crippen molar-refractivity contribution >= 4 is 21.7 Å². The van der Waals surface area contributed by atoms with Crippen LogP contribution < -0.4 is 4.90 Å². The summed E-state index contributed by atoms with van der Waals surface area (Å²) in [5, 5.41) is 5.47. The van der Waals surface area contributed by atoms with Crippen LogP contribution in [0, 0.1) is 6.92 Å². The summed E-state index contributed by atoms with van der Waals surface area (Å²) in [6.07, 6.45) is 5.23. The number of alkyl halides is 1. The summed E-state index contributed by atoms with van der Waals surface area (Å²) in [5.74, 6) is 1.32. The Kier molecular flexibility index (Phi) is 4.13. The van der Waals surface area contributed by atoms with Gasteiger partial charge in [-0.2, -0.15) is 5.10 Å². The number of hydrogen-bond donors (Lipinski definition) is 0. The molecule has 1 saturated heterocycles. The minimum Gasteiger partial charge on any atom is -0.354 e.